The Morgan fingerprint density at radius 1 is 0.943 bits per heavy atom. The molecule has 0 bridgehead atoms. The van der Waals surface area contributed by atoms with E-state index >= 15 is 0 Å². The van der Waals surface area contributed by atoms with Crippen LogP contribution in [-0.4, -0.2) is 38.7 Å². The second kappa shape index (κ2) is 9.35. The lowest BCUT2D eigenvalue weighted by molar-refractivity contribution is 0.0869. The van der Waals surface area contributed by atoms with Gasteiger partial charge in [0.1, 0.15) is 24.0 Å². The first-order valence-electron chi connectivity index (χ1n) is 11.3. The van der Waals surface area contributed by atoms with Gasteiger partial charge in [0.15, 0.2) is 17.3 Å². The third-order valence-corrected chi connectivity index (χ3v) is 6.29. The smallest absolute Gasteiger partial charge is 0.231 e. The summed E-state index contributed by atoms with van der Waals surface area (Å²) in [5.74, 6) is 3.50. The van der Waals surface area contributed by atoms with Crippen LogP contribution in [0.4, 0.5) is 0 Å². The molecule has 7 heteroatoms. The van der Waals surface area contributed by atoms with Crippen molar-refractivity contribution in [3.8, 4) is 28.7 Å². The molecule has 7 nitrogen and oxygen atoms in total. The van der Waals surface area contributed by atoms with Crippen molar-refractivity contribution in [1.29, 1.82) is 0 Å². The Labute approximate surface area is 204 Å². The summed E-state index contributed by atoms with van der Waals surface area (Å²) in [4.78, 5) is 15.4. The average molecular weight is 474 g/mol. The van der Waals surface area contributed by atoms with Crippen molar-refractivity contribution in [2.75, 3.05) is 28.1 Å². The zero-order chi connectivity index (χ0) is 24.5. The molecule has 2 aliphatic heterocycles. The zero-order valence-corrected chi connectivity index (χ0v) is 20.2. The molecular weight excluding hydrogens is 446 g/mol. The Balaban J connectivity index is 1.41. The molecule has 0 radical (unpaired) electrons. The molecule has 180 valence electrons. The van der Waals surface area contributed by atoms with E-state index in [1.165, 1.54) is 0 Å². The number of rotatable bonds is 6. The van der Waals surface area contributed by atoms with Crippen LogP contribution in [0.5, 0.6) is 28.7 Å². The van der Waals surface area contributed by atoms with Crippen molar-refractivity contribution in [1.82, 2.24) is 4.90 Å². The lowest BCUT2D eigenvalue weighted by Crippen LogP contribution is -2.32. The summed E-state index contributed by atoms with van der Waals surface area (Å²) in [5.41, 5.74) is 4.21. The van der Waals surface area contributed by atoms with Crippen molar-refractivity contribution >= 4 is 11.9 Å². The minimum absolute atomic E-state index is 0.150. The maximum Gasteiger partial charge on any atom is 0.231 e. The highest BCUT2D eigenvalue weighted by molar-refractivity contribution is 6.15. The van der Waals surface area contributed by atoms with Crippen LogP contribution in [0.25, 0.3) is 6.08 Å². The van der Waals surface area contributed by atoms with Crippen LogP contribution in [0.2, 0.25) is 0 Å². The number of hydrogen-bond donors (Lipinski definition) is 0. The molecule has 5 rings (SSSR count). The molecule has 0 saturated carbocycles. The number of para-hydroxylation sites is 1. The Hall–Kier alpha value is -3.97. The zero-order valence-electron chi connectivity index (χ0n) is 20.2. The van der Waals surface area contributed by atoms with Gasteiger partial charge < -0.3 is 23.7 Å². The van der Waals surface area contributed by atoms with Crippen LogP contribution >= 0.6 is 0 Å². The summed E-state index contributed by atoms with van der Waals surface area (Å²) >= 11 is 0. The maximum absolute atomic E-state index is 13.3. The molecule has 0 amide bonds. The summed E-state index contributed by atoms with van der Waals surface area (Å²) < 4.78 is 28.3. The van der Waals surface area contributed by atoms with Gasteiger partial charge in [-0.15, -0.1) is 0 Å². The second-order valence-corrected chi connectivity index (χ2v) is 8.49. The number of ether oxygens (including phenoxy) is 5. The highest BCUT2D eigenvalue weighted by Gasteiger charge is 2.33. The molecule has 0 saturated heterocycles. The number of carbonyl (C=O) groups is 1. The Kier molecular flexibility index (Phi) is 6.09. The average Bonchev–Trinajstić information content (AvgIpc) is 3.19. The number of benzene rings is 3. The molecule has 0 spiro atoms. The Morgan fingerprint density at radius 2 is 1.71 bits per heavy atom. The monoisotopic (exact) mass is 473 g/mol. The maximum atomic E-state index is 13.3. The molecule has 0 N–H and O–H groups in total. The van der Waals surface area contributed by atoms with E-state index in [1.807, 2.05) is 49.4 Å². The molecule has 3 aromatic carbocycles. The van der Waals surface area contributed by atoms with E-state index in [2.05, 4.69) is 4.90 Å². The number of ketones is 1. The van der Waals surface area contributed by atoms with E-state index in [9.17, 15) is 4.79 Å². The van der Waals surface area contributed by atoms with Gasteiger partial charge in [-0.2, -0.15) is 0 Å². The summed E-state index contributed by atoms with van der Waals surface area (Å²) in [6.45, 7) is 3.70. The van der Waals surface area contributed by atoms with Gasteiger partial charge in [-0.3, -0.25) is 9.69 Å². The van der Waals surface area contributed by atoms with E-state index in [1.54, 1.807) is 33.5 Å². The molecule has 2 aliphatic rings. The fraction of sp³-hybridized carbons (Fsp3) is 0.250. The normalized spacial score (nSPS) is 15.8. The first-order valence-corrected chi connectivity index (χ1v) is 11.3. The molecule has 2 heterocycles. The van der Waals surface area contributed by atoms with Crippen molar-refractivity contribution in [3.05, 3.63) is 82.1 Å². The third-order valence-electron chi connectivity index (χ3n) is 6.29. The van der Waals surface area contributed by atoms with Gasteiger partial charge in [0.25, 0.3) is 0 Å². The van der Waals surface area contributed by atoms with E-state index in [0.717, 1.165) is 33.8 Å². The Bertz CT molecular complexity index is 1330. The van der Waals surface area contributed by atoms with Gasteiger partial charge in [0.2, 0.25) is 5.78 Å². The molecule has 0 aromatic heterocycles. The number of carbonyl (C=O) groups excluding carboxylic acids is 1. The highest BCUT2D eigenvalue weighted by Crippen LogP contribution is 2.43. The standard InChI is InChI=1S/C28H27NO6/c1-17-27-20(15-29(16-34-27)14-19-7-5-6-8-22(19)31-2)13-21-26(30)25(35-28(17)21)12-18-9-10-23(32-3)24(11-18)33-4/h5-13H,14-16H2,1-4H3/b25-12-. The van der Waals surface area contributed by atoms with Gasteiger partial charge >= 0.3 is 0 Å². The summed E-state index contributed by atoms with van der Waals surface area (Å²) in [6, 6.07) is 15.3. The fourth-order valence-electron chi connectivity index (χ4n) is 4.57. The lowest BCUT2D eigenvalue weighted by Gasteiger charge is -2.30. The molecule has 0 atom stereocenters. The van der Waals surface area contributed by atoms with E-state index in [-0.39, 0.29) is 11.5 Å². The number of methoxy groups -OCH3 is 3. The first kappa shape index (κ1) is 22.8. The predicted octanol–water partition coefficient (Wildman–Crippen LogP) is 4.99. The summed E-state index contributed by atoms with van der Waals surface area (Å²) in [6.07, 6.45) is 1.72. The Morgan fingerprint density at radius 3 is 2.49 bits per heavy atom. The first-order chi connectivity index (χ1) is 17.0. The lowest BCUT2D eigenvalue weighted by atomic mass is 9.99. The second-order valence-electron chi connectivity index (χ2n) is 8.49. The van der Waals surface area contributed by atoms with Gasteiger partial charge in [0.05, 0.1) is 26.9 Å². The molecule has 3 aromatic rings. The van der Waals surface area contributed by atoms with Crippen LogP contribution in [0.15, 0.2) is 54.3 Å². The number of hydrogen-bond acceptors (Lipinski definition) is 7. The van der Waals surface area contributed by atoms with Gasteiger partial charge in [-0.25, -0.2) is 0 Å². The number of Topliss-reactive ketones (excluding diaryl/α,β-unsaturated/α-hetero) is 1. The van der Waals surface area contributed by atoms with E-state index < -0.39 is 0 Å². The molecule has 35 heavy (non-hydrogen) atoms. The minimum atomic E-state index is -0.150. The van der Waals surface area contributed by atoms with Crippen LogP contribution in [0.3, 0.4) is 0 Å². The van der Waals surface area contributed by atoms with E-state index in [4.69, 9.17) is 23.7 Å². The fourth-order valence-corrected chi connectivity index (χ4v) is 4.57. The largest absolute Gasteiger partial charge is 0.496 e. The number of allylic oxidation sites excluding steroid dienone is 1. The predicted molar refractivity (Wildman–Crippen MR) is 131 cm³/mol. The van der Waals surface area contributed by atoms with Crippen LogP contribution in [0, 0.1) is 6.92 Å². The van der Waals surface area contributed by atoms with Gasteiger partial charge in [0, 0.05) is 29.8 Å². The van der Waals surface area contributed by atoms with Crippen LogP contribution in [-0.2, 0) is 13.1 Å². The summed E-state index contributed by atoms with van der Waals surface area (Å²) in [7, 11) is 4.83. The summed E-state index contributed by atoms with van der Waals surface area (Å²) in [5, 5.41) is 0. The number of fused-ring (bicyclic) bond motifs is 2. The van der Waals surface area contributed by atoms with E-state index in [0.29, 0.717) is 42.6 Å². The quantitative estimate of drug-likeness (QED) is 0.467. The SMILES string of the molecule is COc1ccccc1CN1COc2c(cc3c(c2C)O/C(=C\c2ccc(OC)c(OC)c2)C3=O)C1. The van der Waals surface area contributed by atoms with Gasteiger partial charge in [-0.1, -0.05) is 24.3 Å². The van der Waals surface area contributed by atoms with Crippen molar-refractivity contribution in [2.45, 2.75) is 20.0 Å². The number of nitrogens with zero attached hydrogens (tertiary/aromatic N) is 1. The molecule has 0 unspecified atom stereocenters. The van der Waals surface area contributed by atoms with Crippen molar-refractivity contribution in [3.63, 3.8) is 0 Å². The van der Waals surface area contributed by atoms with Crippen LogP contribution < -0.4 is 23.7 Å². The van der Waals surface area contributed by atoms with Gasteiger partial charge in [-0.05, 0) is 42.8 Å². The molecule has 0 fully saturated rings. The van der Waals surface area contributed by atoms with Crippen LogP contribution in [0.1, 0.15) is 32.6 Å². The minimum Gasteiger partial charge on any atom is -0.496 e. The highest BCUT2D eigenvalue weighted by atomic mass is 16.5. The molecule has 0 aliphatic carbocycles. The molecular formula is C28H27NO6. The van der Waals surface area contributed by atoms with Crippen molar-refractivity contribution < 1.29 is 28.5 Å². The van der Waals surface area contributed by atoms with Crippen molar-refractivity contribution in [2.24, 2.45) is 0 Å². The third kappa shape index (κ3) is 4.19. The topological polar surface area (TPSA) is 66.5 Å².